The van der Waals surface area contributed by atoms with Crippen LogP contribution in [-0.4, -0.2) is 50.5 Å². The van der Waals surface area contributed by atoms with Gasteiger partial charge >= 0.3 is 29.0 Å². The van der Waals surface area contributed by atoms with Gasteiger partial charge < -0.3 is 14.6 Å². The van der Waals surface area contributed by atoms with Gasteiger partial charge in [0.25, 0.3) is 0 Å². The van der Waals surface area contributed by atoms with Crippen LogP contribution in [0.1, 0.15) is 46.5 Å². The third-order valence-electron chi connectivity index (χ3n) is 4.00. The van der Waals surface area contributed by atoms with Gasteiger partial charge in [-0.15, -0.1) is 0 Å². The maximum Gasteiger partial charge on any atom is 0.336 e. The molecule has 1 aromatic rings. The van der Waals surface area contributed by atoms with Gasteiger partial charge in [-0.3, -0.25) is 14.6 Å². The second-order valence-corrected chi connectivity index (χ2v) is 7.08. The Morgan fingerprint density at radius 3 is 1.76 bits per heavy atom. The lowest BCUT2D eigenvalue weighted by Gasteiger charge is -2.10. The van der Waals surface area contributed by atoms with E-state index in [0.29, 0.717) is 21.5 Å². The number of ether oxygens (including phenoxy) is 2. The average Bonchev–Trinajstić information content (AvgIpc) is 2.60. The van der Waals surface area contributed by atoms with Crippen LogP contribution >= 0.6 is 0 Å². The number of esters is 2. The molecule has 1 aromatic heterocycles. The number of aliphatic hydroxyl groups excluding tert-OH is 1. The molecule has 0 saturated heterocycles. The minimum Gasteiger partial charge on any atom is -0.466 e. The zero-order valence-corrected chi connectivity index (χ0v) is 17.0. The number of hydrogen-bond acceptors (Lipinski definition) is 8. The molecule has 1 unspecified atom stereocenters. The molecule has 11 nitrogen and oxygen atoms in total. The standard InChI is InChI=1S/C18H29N3O8/c1-12(2)6-10-28-14(23)4-8-20-16(25)19-17(26)21(18(20)27)9-5-15(24)29-11-7-13(3)22/h12-13,22H,4-11H2,1-3H3,(H,19,25,26). The fraction of sp³-hybridized carbons (Fsp3) is 0.722. The van der Waals surface area contributed by atoms with Crippen LogP contribution < -0.4 is 17.1 Å². The van der Waals surface area contributed by atoms with Gasteiger partial charge in [0.15, 0.2) is 0 Å². The van der Waals surface area contributed by atoms with E-state index in [4.69, 9.17) is 14.6 Å². The Morgan fingerprint density at radius 2 is 1.34 bits per heavy atom. The van der Waals surface area contributed by atoms with Crippen molar-refractivity contribution in [2.75, 3.05) is 13.2 Å². The number of nitrogens with one attached hydrogen (secondary N) is 1. The highest BCUT2D eigenvalue weighted by Gasteiger charge is 2.14. The van der Waals surface area contributed by atoms with Crippen molar-refractivity contribution >= 4 is 11.9 Å². The van der Waals surface area contributed by atoms with E-state index in [1.165, 1.54) is 0 Å². The van der Waals surface area contributed by atoms with Crippen molar-refractivity contribution in [1.29, 1.82) is 0 Å². The van der Waals surface area contributed by atoms with Gasteiger partial charge in [0.1, 0.15) is 0 Å². The molecule has 0 aromatic carbocycles. The predicted octanol–water partition coefficient (Wildman–Crippen LogP) is -0.618. The van der Waals surface area contributed by atoms with Crippen molar-refractivity contribution in [2.45, 2.75) is 65.6 Å². The van der Waals surface area contributed by atoms with Crippen molar-refractivity contribution in [3.05, 3.63) is 31.5 Å². The van der Waals surface area contributed by atoms with Crippen LogP contribution in [0.4, 0.5) is 0 Å². The van der Waals surface area contributed by atoms with E-state index in [1.807, 2.05) is 18.8 Å². The maximum absolute atomic E-state index is 12.4. The fourth-order valence-corrected chi connectivity index (χ4v) is 2.24. The van der Waals surface area contributed by atoms with Crippen molar-refractivity contribution in [1.82, 2.24) is 14.1 Å². The Bertz CT molecular complexity index is 785. The maximum atomic E-state index is 12.4. The Labute approximate surface area is 167 Å². The van der Waals surface area contributed by atoms with Crippen molar-refractivity contribution < 1.29 is 24.2 Å². The first-order chi connectivity index (χ1) is 13.6. The van der Waals surface area contributed by atoms with E-state index in [-0.39, 0.29) is 45.6 Å². The summed E-state index contributed by atoms with van der Waals surface area (Å²) in [6.45, 7) is 5.24. The van der Waals surface area contributed by atoms with Gasteiger partial charge in [-0.25, -0.2) is 23.5 Å². The van der Waals surface area contributed by atoms with E-state index in [9.17, 15) is 24.0 Å². The zero-order chi connectivity index (χ0) is 22.0. The minimum absolute atomic E-state index is 0.0141. The summed E-state index contributed by atoms with van der Waals surface area (Å²) in [4.78, 5) is 61.6. The highest BCUT2D eigenvalue weighted by atomic mass is 16.5. The molecule has 0 aliphatic heterocycles. The third kappa shape index (κ3) is 8.90. The molecule has 0 saturated carbocycles. The Morgan fingerprint density at radius 1 is 0.897 bits per heavy atom. The van der Waals surface area contributed by atoms with Crippen LogP contribution in [0.15, 0.2) is 14.4 Å². The first kappa shape index (κ1) is 24.3. The largest absolute Gasteiger partial charge is 0.466 e. The molecule has 1 atom stereocenters. The number of hydrogen-bond donors (Lipinski definition) is 2. The van der Waals surface area contributed by atoms with Gasteiger partial charge in [-0.05, 0) is 19.3 Å². The van der Waals surface area contributed by atoms with E-state index in [1.54, 1.807) is 6.92 Å². The zero-order valence-electron chi connectivity index (χ0n) is 17.0. The topological polar surface area (TPSA) is 150 Å². The summed E-state index contributed by atoms with van der Waals surface area (Å²) < 4.78 is 11.3. The van der Waals surface area contributed by atoms with Crippen LogP contribution in [0.25, 0.3) is 0 Å². The fourth-order valence-electron chi connectivity index (χ4n) is 2.24. The SMILES string of the molecule is CC(C)CCOC(=O)CCn1c(=O)[nH]c(=O)n(CCC(=O)OCCC(C)O)c1=O. The minimum atomic E-state index is -0.951. The van der Waals surface area contributed by atoms with E-state index >= 15 is 0 Å². The highest BCUT2D eigenvalue weighted by molar-refractivity contribution is 5.69. The third-order valence-corrected chi connectivity index (χ3v) is 4.00. The number of nitrogens with zero attached hydrogens (tertiary/aromatic N) is 2. The number of rotatable bonds is 12. The number of carbonyl (C=O) groups excluding carboxylic acids is 2. The summed E-state index contributed by atoms with van der Waals surface area (Å²) >= 11 is 0. The van der Waals surface area contributed by atoms with Gasteiger partial charge in [0, 0.05) is 19.5 Å². The highest BCUT2D eigenvalue weighted by Crippen LogP contribution is 2.00. The van der Waals surface area contributed by atoms with Gasteiger partial charge in [-0.2, -0.15) is 0 Å². The molecule has 2 N–H and O–H groups in total. The molecule has 0 amide bonds. The average molecular weight is 415 g/mol. The predicted molar refractivity (Wildman–Crippen MR) is 102 cm³/mol. The summed E-state index contributed by atoms with van der Waals surface area (Å²) in [5.74, 6) is -0.838. The van der Waals surface area contributed by atoms with Crippen LogP contribution in [0.5, 0.6) is 0 Å². The van der Waals surface area contributed by atoms with Gasteiger partial charge in [0.05, 0.1) is 32.2 Å². The molecule has 11 heteroatoms. The Balaban J connectivity index is 2.71. The van der Waals surface area contributed by atoms with Gasteiger partial charge in [0.2, 0.25) is 0 Å². The molecule has 0 aliphatic carbocycles. The number of aliphatic hydroxyl groups is 1. The smallest absolute Gasteiger partial charge is 0.336 e. The summed E-state index contributed by atoms with van der Waals surface area (Å²) in [7, 11) is 0. The summed E-state index contributed by atoms with van der Waals surface area (Å²) in [5.41, 5.74) is -2.82. The second-order valence-electron chi connectivity index (χ2n) is 7.08. The first-order valence-corrected chi connectivity index (χ1v) is 9.55. The quantitative estimate of drug-likeness (QED) is 0.429. The normalized spacial score (nSPS) is 12.0. The molecule has 1 heterocycles. The molecule has 29 heavy (non-hydrogen) atoms. The summed E-state index contributed by atoms with van der Waals surface area (Å²) in [5, 5.41) is 9.12. The van der Waals surface area contributed by atoms with E-state index in [2.05, 4.69) is 0 Å². The summed E-state index contributed by atoms with van der Waals surface area (Å²) in [6.07, 6.45) is -0.123. The molecule has 1 rings (SSSR count). The van der Waals surface area contributed by atoms with E-state index in [0.717, 1.165) is 0 Å². The van der Waals surface area contributed by atoms with Crippen LogP contribution in [0, 0.1) is 5.92 Å². The number of carbonyl (C=O) groups is 2. The Kier molecular flexibility index (Phi) is 10.1. The molecule has 0 fully saturated rings. The van der Waals surface area contributed by atoms with Crippen molar-refractivity contribution in [3.63, 3.8) is 0 Å². The number of aromatic nitrogens is 3. The second kappa shape index (κ2) is 12.0. The van der Waals surface area contributed by atoms with Crippen molar-refractivity contribution in [3.8, 4) is 0 Å². The molecule has 0 aliphatic rings. The molecular formula is C18H29N3O8. The van der Waals surface area contributed by atoms with Crippen LogP contribution in [0.2, 0.25) is 0 Å². The van der Waals surface area contributed by atoms with Gasteiger partial charge in [-0.1, -0.05) is 13.8 Å². The Hall–Kier alpha value is -2.69. The number of aromatic amines is 1. The molecule has 0 spiro atoms. The monoisotopic (exact) mass is 415 g/mol. The first-order valence-electron chi connectivity index (χ1n) is 9.55. The van der Waals surface area contributed by atoms with Crippen LogP contribution in [-0.2, 0) is 32.2 Å². The van der Waals surface area contributed by atoms with E-state index < -0.39 is 35.1 Å². The molecule has 0 bridgehead atoms. The molecule has 0 radical (unpaired) electrons. The van der Waals surface area contributed by atoms with Crippen LogP contribution in [0.3, 0.4) is 0 Å². The lowest BCUT2D eigenvalue weighted by atomic mass is 10.1. The molecular weight excluding hydrogens is 386 g/mol. The summed E-state index contributed by atoms with van der Waals surface area (Å²) in [6, 6.07) is 0. The lowest BCUT2D eigenvalue weighted by Crippen LogP contribution is -2.49. The van der Waals surface area contributed by atoms with Crippen molar-refractivity contribution in [2.24, 2.45) is 5.92 Å². The molecule has 164 valence electrons. The number of H-pyrrole nitrogens is 1. The lowest BCUT2D eigenvalue weighted by molar-refractivity contribution is -0.145.